The smallest absolute Gasteiger partial charge is 0.200 e. The van der Waals surface area contributed by atoms with Gasteiger partial charge in [0.1, 0.15) is 6.61 Å². The summed E-state index contributed by atoms with van der Waals surface area (Å²) in [4.78, 5) is 0. The highest BCUT2D eigenvalue weighted by atomic mass is 19.2. The number of aryl methyl sites for hydroxylation is 1. The van der Waals surface area contributed by atoms with Gasteiger partial charge in [-0.25, -0.2) is 13.2 Å². The molecule has 138 valence electrons. The minimum Gasteiger partial charge on any atom is -0.486 e. The van der Waals surface area contributed by atoms with Crippen LogP contribution in [-0.4, -0.2) is 6.61 Å². The first-order valence-corrected chi connectivity index (χ1v) is 7.59. The number of allylic oxidation sites excluding steroid dienone is 6. The van der Waals surface area contributed by atoms with Crippen molar-refractivity contribution >= 4 is 0 Å². The van der Waals surface area contributed by atoms with Crippen LogP contribution in [-0.2, 0) is 0 Å². The van der Waals surface area contributed by atoms with E-state index in [0.29, 0.717) is 5.57 Å². The van der Waals surface area contributed by atoms with Crippen molar-refractivity contribution in [1.82, 2.24) is 0 Å². The Morgan fingerprint density at radius 3 is 2.19 bits per heavy atom. The minimum atomic E-state index is -1.15. The predicted molar refractivity (Wildman–Crippen MR) is 97.2 cm³/mol. The number of ether oxygens (including phenoxy) is 1. The van der Waals surface area contributed by atoms with Crippen molar-refractivity contribution in [3.05, 3.63) is 102 Å². The summed E-state index contributed by atoms with van der Waals surface area (Å²) in [5.41, 5.74) is 0.366. The van der Waals surface area contributed by atoms with Crippen LogP contribution in [0.25, 0.3) is 0 Å². The third kappa shape index (κ3) is 5.34. The second-order valence-electron chi connectivity index (χ2n) is 5.70. The molecule has 1 aromatic carbocycles. The van der Waals surface area contributed by atoms with E-state index in [9.17, 15) is 17.6 Å². The Bertz CT molecular complexity index is 829. The zero-order chi connectivity index (χ0) is 20.0. The van der Waals surface area contributed by atoms with E-state index in [2.05, 4.69) is 26.3 Å². The molecule has 0 saturated carbocycles. The maximum atomic E-state index is 13.8. The molecule has 1 aromatic rings. The molecule has 0 unspecified atom stereocenters. The van der Waals surface area contributed by atoms with Crippen LogP contribution in [0.5, 0.6) is 5.75 Å². The van der Waals surface area contributed by atoms with Crippen LogP contribution in [0.15, 0.2) is 84.5 Å². The lowest BCUT2D eigenvalue weighted by Crippen LogP contribution is -2.02. The number of benzene rings is 1. The van der Waals surface area contributed by atoms with Gasteiger partial charge in [0.2, 0.25) is 5.82 Å². The summed E-state index contributed by atoms with van der Waals surface area (Å²) in [5.74, 6) is -4.55. The van der Waals surface area contributed by atoms with Crippen molar-refractivity contribution in [3.63, 3.8) is 0 Å². The molecule has 26 heavy (non-hydrogen) atoms. The summed E-state index contributed by atoms with van der Waals surface area (Å²) < 4.78 is 59.7. The zero-order valence-corrected chi connectivity index (χ0v) is 14.8. The fraction of sp³-hybridized carbons (Fsp3) is 0.143. The highest BCUT2D eigenvalue weighted by molar-refractivity contribution is 5.50. The summed E-state index contributed by atoms with van der Waals surface area (Å²) in [6, 6.07) is 2.70. The average molecular weight is 364 g/mol. The number of halogens is 4. The van der Waals surface area contributed by atoms with Crippen molar-refractivity contribution in [1.29, 1.82) is 0 Å². The molecule has 0 aromatic heterocycles. The van der Waals surface area contributed by atoms with Crippen LogP contribution in [0.2, 0.25) is 0 Å². The first-order chi connectivity index (χ1) is 12.1. The van der Waals surface area contributed by atoms with Crippen molar-refractivity contribution in [2.75, 3.05) is 6.61 Å². The van der Waals surface area contributed by atoms with Gasteiger partial charge in [0.25, 0.3) is 0 Å². The van der Waals surface area contributed by atoms with E-state index >= 15 is 0 Å². The Labute approximate surface area is 151 Å². The lowest BCUT2D eigenvalue weighted by atomic mass is 10.1. The summed E-state index contributed by atoms with van der Waals surface area (Å²) >= 11 is 0. The molecule has 0 bridgehead atoms. The van der Waals surface area contributed by atoms with Crippen LogP contribution >= 0.6 is 0 Å². The van der Waals surface area contributed by atoms with E-state index < -0.39 is 23.3 Å². The van der Waals surface area contributed by atoms with Gasteiger partial charge in [0.15, 0.2) is 23.2 Å². The summed E-state index contributed by atoms with van der Waals surface area (Å²) in [7, 11) is 0. The van der Waals surface area contributed by atoms with Crippen LogP contribution in [0.3, 0.4) is 0 Å². The van der Waals surface area contributed by atoms with Crippen molar-refractivity contribution < 1.29 is 22.3 Å². The molecule has 0 atom stereocenters. The average Bonchev–Trinajstić information content (AvgIpc) is 2.61. The topological polar surface area (TPSA) is 9.23 Å². The lowest BCUT2D eigenvalue weighted by Gasteiger charge is -2.09. The molecular weight excluding hydrogens is 344 g/mol. The molecule has 0 aliphatic rings. The molecule has 1 nitrogen and oxygen atoms in total. The number of rotatable bonds is 8. The molecule has 0 radical (unpaired) electrons. The summed E-state index contributed by atoms with van der Waals surface area (Å²) in [6.45, 7) is 16.7. The Morgan fingerprint density at radius 2 is 1.62 bits per heavy atom. The Balaban J connectivity index is 2.72. The fourth-order valence-electron chi connectivity index (χ4n) is 1.74. The van der Waals surface area contributed by atoms with E-state index in [4.69, 9.17) is 4.74 Å². The molecule has 0 spiro atoms. The Hall–Kier alpha value is -2.82. The quantitative estimate of drug-likeness (QED) is 0.373. The highest BCUT2D eigenvalue weighted by Gasteiger charge is 2.13. The molecule has 0 aliphatic carbocycles. The number of hydrogen-bond acceptors (Lipinski definition) is 1. The first-order valence-electron chi connectivity index (χ1n) is 7.59. The van der Waals surface area contributed by atoms with Crippen LogP contribution in [0.1, 0.15) is 12.5 Å². The van der Waals surface area contributed by atoms with Crippen molar-refractivity contribution in [3.8, 4) is 5.75 Å². The standard InChI is InChI=1S/C21H20F4O/c1-12(2)18(22)20(24)16(6)14(4)8-7-13(3)11-26-17-10-9-15(5)19(23)21(17)25/h7-10H,1,3-4,6,11H2,2,5H3/b8-7-,20-18-. The van der Waals surface area contributed by atoms with Gasteiger partial charge in [-0.1, -0.05) is 44.5 Å². The fourth-order valence-corrected chi connectivity index (χ4v) is 1.74. The van der Waals surface area contributed by atoms with Crippen LogP contribution in [0.4, 0.5) is 17.6 Å². The molecule has 0 amide bonds. The number of hydrogen-bond donors (Lipinski definition) is 0. The van der Waals surface area contributed by atoms with Crippen LogP contribution < -0.4 is 4.74 Å². The van der Waals surface area contributed by atoms with Gasteiger partial charge in [-0.05, 0) is 42.2 Å². The zero-order valence-electron chi connectivity index (χ0n) is 14.8. The lowest BCUT2D eigenvalue weighted by molar-refractivity contribution is 0.326. The summed E-state index contributed by atoms with van der Waals surface area (Å²) in [5, 5.41) is 0. The largest absolute Gasteiger partial charge is 0.486 e. The first kappa shape index (κ1) is 21.2. The van der Waals surface area contributed by atoms with Crippen molar-refractivity contribution in [2.24, 2.45) is 0 Å². The normalized spacial score (nSPS) is 11.9. The van der Waals surface area contributed by atoms with E-state index in [1.165, 1.54) is 38.1 Å². The Morgan fingerprint density at radius 1 is 1.00 bits per heavy atom. The Kier molecular flexibility index (Phi) is 7.38. The maximum Gasteiger partial charge on any atom is 0.200 e. The molecule has 0 N–H and O–H groups in total. The maximum absolute atomic E-state index is 13.8. The van der Waals surface area contributed by atoms with Crippen molar-refractivity contribution in [2.45, 2.75) is 13.8 Å². The molecular formula is C21H20F4O. The molecule has 0 fully saturated rings. The van der Waals surface area contributed by atoms with Gasteiger partial charge >= 0.3 is 0 Å². The third-order valence-electron chi connectivity index (χ3n) is 3.39. The molecule has 1 rings (SSSR count). The highest BCUT2D eigenvalue weighted by Crippen LogP contribution is 2.26. The second-order valence-corrected chi connectivity index (χ2v) is 5.70. The minimum absolute atomic E-state index is 0.0643. The summed E-state index contributed by atoms with van der Waals surface area (Å²) in [6.07, 6.45) is 2.80. The monoisotopic (exact) mass is 364 g/mol. The SMILES string of the molecule is C=C(/C=C\C(=C)C(=C)/C(F)=C(/F)C(=C)C)COc1ccc(C)c(F)c1F. The van der Waals surface area contributed by atoms with E-state index in [-0.39, 0.29) is 34.6 Å². The van der Waals surface area contributed by atoms with Gasteiger partial charge in [-0.2, -0.15) is 4.39 Å². The molecule has 0 saturated heterocycles. The second kappa shape index (κ2) is 9.04. The van der Waals surface area contributed by atoms with Crippen LogP contribution in [0, 0.1) is 18.6 Å². The van der Waals surface area contributed by atoms with E-state index in [0.717, 1.165) is 0 Å². The third-order valence-corrected chi connectivity index (χ3v) is 3.39. The van der Waals surface area contributed by atoms with E-state index in [1.54, 1.807) is 0 Å². The van der Waals surface area contributed by atoms with Gasteiger partial charge in [-0.3, -0.25) is 0 Å². The molecule has 0 heterocycles. The predicted octanol–water partition coefficient (Wildman–Crippen LogP) is 6.60. The van der Waals surface area contributed by atoms with Gasteiger partial charge in [-0.15, -0.1) is 0 Å². The van der Waals surface area contributed by atoms with Gasteiger partial charge in [0.05, 0.1) is 0 Å². The van der Waals surface area contributed by atoms with Gasteiger partial charge < -0.3 is 4.74 Å². The molecule has 0 aliphatic heterocycles. The van der Waals surface area contributed by atoms with Gasteiger partial charge in [0, 0.05) is 5.57 Å². The molecule has 5 heteroatoms. The van der Waals surface area contributed by atoms with E-state index in [1.807, 2.05) is 0 Å².